The number of ketones is 1. The first kappa shape index (κ1) is 14.8. The summed E-state index contributed by atoms with van der Waals surface area (Å²) in [5.74, 6) is 0.373. The Labute approximate surface area is 132 Å². The van der Waals surface area contributed by atoms with Crippen molar-refractivity contribution >= 4 is 17.4 Å². The van der Waals surface area contributed by atoms with Gasteiger partial charge in [0, 0.05) is 17.3 Å². The maximum atomic E-state index is 12.3. The highest BCUT2D eigenvalue weighted by atomic mass is 16.5. The van der Waals surface area contributed by atoms with Gasteiger partial charge in [0.25, 0.3) is 5.91 Å². The number of carbonyl (C=O) groups excluding carboxylic acids is 2. The van der Waals surface area contributed by atoms with Crippen LogP contribution in [0.25, 0.3) is 11.5 Å². The van der Waals surface area contributed by atoms with E-state index < -0.39 is 5.91 Å². The number of carbonyl (C=O) groups is 2. The zero-order valence-electron chi connectivity index (χ0n) is 12.6. The molecule has 3 aromatic rings. The topological polar surface area (TPSA) is 85.3 Å². The van der Waals surface area contributed by atoms with Crippen molar-refractivity contribution in [2.45, 2.75) is 13.8 Å². The number of nitrogens with zero attached hydrogens (tertiary/aromatic N) is 1. The first-order chi connectivity index (χ1) is 11.0. The Morgan fingerprint density at radius 1 is 1.13 bits per heavy atom. The highest BCUT2D eigenvalue weighted by molar-refractivity contribution is 6.04. The van der Waals surface area contributed by atoms with Crippen molar-refractivity contribution in [1.29, 1.82) is 0 Å². The van der Waals surface area contributed by atoms with Crippen LogP contribution in [0.2, 0.25) is 0 Å². The monoisotopic (exact) mass is 310 g/mol. The lowest BCUT2D eigenvalue weighted by Crippen LogP contribution is -2.13. The highest BCUT2D eigenvalue weighted by Gasteiger charge is 2.16. The summed E-state index contributed by atoms with van der Waals surface area (Å²) < 4.78 is 10.3. The molecule has 0 aliphatic rings. The summed E-state index contributed by atoms with van der Waals surface area (Å²) in [6.07, 6.45) is 1.51. The van der Waals surface area contributed by atoms with E-state index in [0.717, 1.165) is 5.56 Å². The molecule has 1 aromatic carbocycles. The molecule has 6 nitrogen and oxygen atoms in total. The van der Waals surface area contributed by atoms with E-state index in [1.165, 1.54) is 19.3 Å². The molecule has 2 heterocycles. The summed E-state index contributed by atoms with van der Waals surface area (Å²) in [5.41, 5.74) is 2.06. The molecule has 3 rings (SSSR count). The Kier molecular flexibility index (Phi) is 3.80. The summed E-state index contributed by atoms with van der Waals surface area (Å²) in [6, 6.07) is 10.1. The smallest absolute Gasteiger partial charge is 0.277 e. The molecule has 0 unspecified atom stereocenters. The van der Waals surface area contributed by atoms with Gasteiger partial charge in [-0.3, -0.25) is 9.59 Å². The fourth-order valence-electron chi connectivity index (χ4n) is 2.08. The second kappa shape index (κ2) is 5.92. The Morgan fingerprint density at radius 2 is 1.96 bits per heavy atom. The molecule has 6 heteroatoms. The number of benzene rings is 1. The maximum absolute atomic E-state index is 12.3. The van der Waals surface area contributed by atoms with Gasteiger partial charge in [-0.15, -0.1) is 0 Å². The summed E-state index contributed by atoms with van der Waals surface area (Å²) in [7, 11) is 0. The molecule has 1 amide bonds. The highest BCUT2D eigenvalue weighted by Crippen LogP contribution is 2.22. The Bertz CT molecular complexity index is 863. The molecule has 116 valence electrons. The van der Waals surface area contributed by atoms with Crippen molar-refractivity contribution in [2.24, 2.45) is 0 Å². The average Bonchev–Trinajstić information content (AvgIpc) is 3.20. The number of rotatable bonds is 4. The second-order valence-electron chi connectivity index (χ2n) is 5.09. The summed E-state index contributed by atoms with van der Waals surface area (Å²) in [6.45, 7) is 3.32. The zero-order valence-corrected chi connectivity index (χ0v) is 12.6. The van der Waals surface area contributed by atoms with E-state index in [9.17, 15) is 9.59 Å². The molecule has 0 saturated heterocycles. The molecule has 2 aromatic heterocycles. The predicted molar refractivity (Wildman–Crippen MR) is 83.3 cm³/mol. The number of nitrogens with one attached hydrogen (secondary N) is 1. The molecule has 0 aliphatic heterocycles. The molecule has 23 heavy (non-hydrogen) atoms. The van der Waals surface area contributed by atoms with Gasteiger partial charge >= 0.3 is 0 Å². The minimum Gasteiger partial charge on any atom is -0.461 e. The van der Waals surface area contributed by atoms with Gasteiger partial charge in [0.15, 0.2) is 17.2 Å². The number of anilines is 1. The van der Waals surface area contributed by atoms with Crippen molar-refractivity contribution in [3.05, 3.63) is 59.5 Å². The van der Waals surface area contributed by atoms with Crippen LogP contribution in [-0.2, 0) is 0 Å². The van der Waals surface area contributed by atoms with E-state index in [-0.39, 0.29) is 11.5 Å². The van der Waals surface area contributed by atoms with E-state index >= 15 is 0 Å². The van der Waals surface area contributed by atoms with E-state index in [4.69, 9.17) is 8.94 Å². The van der Waals surface area contributed by atoms with Crippen LogP contribution in [0.5, 0.6) is 0 Å². The first-order valence-corrected chi connectivity index (χ1v) is 6.98. The van der Waals surface area contributed by atoms with Gasteiger partial charge in [-0.2, -0.15) is 0 Å². The summed E-state index contributed by atoms with van der Waals surface area (Å²) in [4.78, 5) is 23.7. The minimum atomic E-state index is -0.421. The molecular weight excluding hydrogens is 296 g/mol. The number of furan rings is 1. The number of Topliss-reactive ketones (excluding diaryl/α,β-unsaturated/α-hetero) is 1. The van der Waals surface area contributed by atoms with Crippen molar-refractivity contribution in [1.82, 2.24) is 5.16 Å². The van der Waals surface area contributed by atoms with E-state index in [2.05, 4.69) is 10.5 Å². The Balaban J connectivity index is 1.82. The van der Waals surface area contributed by atoms with Crippen LogP contribution in [0.1, 0.15) is 33.3 Å². The molecule has 0 bridgehead atoms. The van der Waals surface area contributed by atoms with Crippen LogP contribution in [0.4, 0.5) is 5.69 Å². The van der Waals surface area contributed by atoms with E-state index in [1.807, 2.05) is 6.92 Å². The first-order valence-electron chi connectivity index (χ1n) is 6.98. The van der Waals surface area contributed by atoms with Crippen molar-refractivity contribution < 1.29 is 18.5 Å². The zero-order chi connectivity index (χ0) is 16.4. The lowest BCUT2D eigenvalue weighted by Gasteiger charge is -2.08. The van der Waals surface area contributed by atoms with Gasteiger partial charge in [-0.05, 0) is 37.6 Å². The van der Waals surface area contributed by atoms with Crippen LogP contribution in [0.15, 0.2) is 51.6 Å². The quantitative estimate of drug-likeness (QED) is 0.743. The SMILES string of the molecule is CC(=O)c1ccc(C)c(NC(=O)c2cc(-c3ccco3)on2)c1. The fourth-order valence-corrected chi connectivity index (χ4v) is 2.08. The van der Waals surface area contributed by atoms with Gasteiger partial charge in [0.05, 0.1) is 6.26 Å². The molecule has 0 aliphatic carbocycles. The van der Waals surface area contributed by atoms with Crippen molar-refractivity contribution in [3.63, 3.8) is 0 Å². The van der Waals surface area contributed by atoms with E-state index in [1.54, 1.807) is 30.3 Å². The van der Waals surface area contributed by atoms with Crippen molar-refractivity contribution in [3.8, 4) is 11.5 Å². The summed E-state index contributed by atoms with van der Waals surface area (Å²) in [5, 5.41) is 6.48. The van der Waals surface area contributed by atoms with Gasteiger partial charge < -0.3 is 14.3 Å². The molecular formula is C17H14N2O4. The third kappa shape index (κ3) is 3.06. The van der Waals surface area contributed by atoms with Crippen LogP contribution >= 0.6 is 0 Å². The molecule has 0 spiro atoms. The largest absolute Gasteiger partial charge is 0.461 e. The average molecular weight is 310 g/mol. The number of aromatic nitrogens is 1. The van der Waals surface area contributed by atoms with E-state index in [0.29, 0.717) is 22.8 Å². The molecule has 1 N–H and O–H groups in total. The normalized spacial score (nSPS) is 10.5. The third-order valence-electron chi connectivity index (χ3n) is 3.40. The van der Waals surface area contributed by atoms with Gasteiger partial charge in [-0.25, -0.2) is 0 Å². The van der Waals surface area contributed by atoms with Crippen LogP contribution in [-0.4, -0.2) is 16.8 Å². The third-order valence-corrected chi connectivity index (χ3v) is 3.40. The number of hydrogen-bond donors (Lipinski definition) is 1. The maximum Gasteiger partial charge on any atom is 0.277 e. The number of aryl methyl sites for hydroxylation is 1. The Hall–Kier alpha value is -3.15. The van der Waals surface area contributed by atoms with Crippen molar-refractivity contribution in [2.75, 3.05) is 5.32 Å². The van der Waals surface area contributed by atoms with Crippen LogP contribution in [0.3, 0.4) is 0 Å². The Morgan fingerprint density at radius 3 is 2.65 bits per heavy atom. The van der Waals surface area contributed by atoms with Gasteiger partial charge in [0.1, 0.15) is 0 Å². The second-order valence-corrected chi connectivity index (χ2v) is 5.09. The van der Waals surface area contributed by atoms with Crippen LogP contribution in [0, 0.1) is 6.92 Å². The fraction of sp³-hybridized carbons (Fsp3) is 0.118. The summed E-state index contributed by atoms with van der Waals surface area (Å²) >= 11 is 0. The number of amides is 1. The molecule has 0 saturated carbocycles. The molecule has 0 radical (unpaired) electrons. The van der Waals surface area contributed by atoms with Crippen LogP contribution < -0.4 is 5.32 Å². The lowest BCUT2D eigenvalue weighted by atomic mass is 10.1. The minimum absolute atomic E-state index is 0.0676. The van der Waals surface area contributed by atoms with Gasteiger partial charge in [-0.1, -0.05) is 17.3 Å². The number of hydrogen-bond acceptors (Lipinski definition) is 5. The lowest BCUT2D eigenvalue weighted by molar-refractivity contribution is 0.100. The van der Waals surface area contributed by atoms with Gasteiger partial charge in [0.2, 0.25) is 5.76 Å². The molecule has 0 atom stereocenters. The molecule has 0 fully saturated rings. The predicted octanol–water partition coefficient (Wildman–Crippen LogP) is 3.70. The standard InChI is InChI=1S/C17H14N2O4/c1-10-5-6-12(11(2)20)8-13(10)18-17(21)14-9-16(23-19-14)15-4-3-7-22-15/h3-9H,1-2H3,(H,18,21).